The lowest BCUT2D eigenvalue weighted by molar-refractivity contribution is -0.387. The molecule has 0 atom stereocenters. The fourth-order valence-corrected chi connectivity index (χ4v) is 4.08. The van der Waals surface area contributed by atoms with Crippen LogP contribution in [0.15, 0.2) is 53.4 Å². The molecule has 1 aliphatic rings. The maximum Gasteiger partial charge on any atom is 0.283 e. The molecule has 1 aliphatic heterocycles. The minimum Gasteiger partial charge on any atom is -0.343 e. The van der Waals surface area contributed by atoms with Crippen LogP contribution in [0.3, 0.4) is 0 Å². The van der Waals surface area contributed by atoms with Crippen molar-refractivity contribution in [1.29, 1.82) is 0 Å². The minimum atomic E-state index is -0.509. The van der Waals surface area contributed by atoms with Crippen LogP contribution in [-0.2, 0) is 4.79 Å². The van der Waals surface area contributed by atoms with Gasteiger partial charge in [-0.15, -0.1) is 11.8 Å². The van der Waals surface area contributed by atoms with E-state index < -0.39 is 10.8 Å². The fraction of sp³-hybridized carbons (Fsp3) is 0.333. The highest BCUT2D eigenvalue weighted by Crippen LogP contribution is 2.29. The van der Waals surface area contributed by atoms with Gasteiger partial charge in [0.2, 0.25) is 5.91 Å². The normalized spacial score (nSPS) is 14.4. The molecule has 1 saturated heterocycles. The van der Waals surface area contributed by atoms with E-state index >= 15 is 0 Å². The highest BCUT2D eigenvalue weighted by molar-refractivity contribution is 7.98. The lowest BCUT2D eigenvalue weighted by Gasteiger charge is -2.32. The maximum absolute atomic E-state index is 12.5. The lowest BCUT2D eigenvalue weighted by Crippen LogP contribution is -2.43. The number of carbonyl (C=O) groups excluding carboxylic acids is 2. The zero-order chi connectivity index (χ0) is 20.8. The molecule has 1 heterocycles. The van der Waals surface area contributed by atoms with Crippen LogP contribution in [-0.4, -0.2) is 47.5 Å². The Morgan fingerprint density at radius 1 is 1.17 bits per heavy atom. The van der Waals surface area contributed by atoms with Crippen molar-refractivity contribution in [3.05, 3.63) is 69.8 Å². The SMILES string of the molecule is CSc1ccc(C(=O)NCC(=O)N2CCC(c3ccccc3)CC2)cc1[N+](=O)[O-]. The van der Waals surface area contributed by atoms with E-state index in [0.29, 0.717) is 23.9 Å². The van der Waals surface area contributed by atoms with Gasteiger partial charge in [0.05, 0.1) is 16.4 Å². The largest absolute Gasteiger partial charge is 0.343 e. The topological polar surface area (TPSA) is 92.6 Å². The van der Waals surface area contributed by atoms with Gasteiger partial charge in [0.15, 0.2) is 0 Å². The number of hydrogen-bond acceptors (Lipinski definition) is 5. The number of rotatable bonds is 6. The summed E-state index contributed by atoms with van der Waals surface area (Å²) in [6, 6.07) is 14.6. The predicted octanol–water partition coefficient (Wildman–Crippen LogP) is 3.45. The molecule has 29 heavy (non-hydrogen) atoms. The molecule has 8 heteroatoms. The van der Waals surface area contributed by atoms with Crippen molar-refractivity contribution in [1.82, 2.24) is 10.2 Å². The first kappa shape index (κ1) is 20.9. The number of nitrogens with zero attached hydrogens (tertiary/aromatic N) is 2. The van der Waals surface area contributed by atoms with Crippen molar-refractivity contribution in [2.45, 2.75) is 23.7 Å². The Morgan fingerprint density at radius 3 is 2.48 bits per heavy atom. The van der Waals surface area contributed by atoms with Gasteiger partial charge in [0.1, 0.15) is 0 Å². The third-order valence-electron chi connectivity index (χ3n) is 5.16. The summed E-state index contributed by atoms with van der Waals surface area (Å²) in [5.41, 5.74) is 1.35. The highest BCUT2D eigenvalue weighted by Gasteiger charge is 2.24. The average Bonchev–Trinajstić information content (AvgIpc) is 2.77. The van der Waals surface area contributed by atoms with Crippen LogP contribution in [0.5, 0.6) is 0 Å². The van der Waals surface area contributed by atoms with E-state index in [1.165, 1.54) is 29.5 Å². The van der Waals surface area contributed by atoms with Gasteiger partial charge in [-0.3, -0.25) is 19.7 Å². The van der Waals surface area contributed by atoms with E-state index in [1.807, 2.05) is 18.2 Å². The van der Waals surface area contributed by atoms with Crippen LogP contribution < -0.4 is 5.32 Å². The van der Waals surface area contributed by atoms with Crippen LogP contribution in [0.25, 0.3) is 0 Å². The van der Waals surface area contributed by atoms with Crippen LogP contribution in [0, 0.1) is 10.1 Å². The van der Waals surface area contributed by atoms with Crippen molar-refractivity contribution in [2.75, 3.05) is 25.9 Å². The Labute approximate surface area is 173 Å². The molecule has 2 amide bonds. The third-order valence-corrected chi connectivity index (χ3v) is 5.94. The molecule has 152 valence electrons. The van der Waals surface area contributed by atoms with Gasteiger partial charge >= 0.3 is 0 Å². The van der Waals surface area contributed by atoms with Crippen molar-refractivity contribution < 1.29 is 14.5 Å². The first-order chi connectivity index (χ1) is 14.0. The number of hydrogen-bond donors (Lipinski definition) is 1. The summed E-state index contributed by atoms with van der Waals surface area (Å²) in [7, 11) is 0. The van der Waals surface area contributed by atoms with Crippen molar-refractivity contribution in [3.8, 4) is 0 Å². The second-order valence-corrected chi connectivity index (χ2v) is 7.74. The monoisotopic (exact) mass is 413 g/mol. The third kappa shape index (κ3) is 5.14. The fourth-order valence-electron chi connectivity index (χ4n) is 3.53. The highest BCUT2D eigenvalue weighted by atomic mass is 32.2. The molecule has 7 nitrogen and oxygen atoms in total. The summed E-state index contributed by atoms with van der Waals surface area (Å²) < 4.78 is 0. The smallest absolute Gasteiger partial charge is 0.283 e. The summed E-state index contributed by atoms with van der Waals surface area (Å²) in [5, 5.41) is 13.7. The molecule has 0 radical (unpaired) electrons. The second-order valence-electron chi connectivity index (χ2n) is 6.89. The average molecular weight is 413 g/mol. The number of amides is 2. The first-order valence-electron chi connectivity index (χ1n) is 9.43. The number of likely N-dealkylation sites (tertiary alicyclic amines) is 1. The molecule has 0 aromatic heterocycles. The van der Waals surface area contributed by atoms with E-state index in [2.05, 4.69) is 17.4 Å². The number of nitrogens with one attached hydrogen (secondary N) is 1. The number of nitro groups is 1. The predicted molar refractivity (Wildman–Crippen MR) is 112 cm³/mol. The van der Waals surface area contributed by atoms with Gasteiger partial charge in [0.25, 0.3) is 11.6 Å². The van der Waals surface area contributed by atoms with E-state index in [4.69, 9.17) is 0 Å². The van der Waals surface area contributed by atoms with Gasteiger partial charge < -0.3 is 10.2 Å². The zero-order valence-electron chi connectivity index (χ0n) is 16.2. The molecule has 2 aromatic carbocycles. The number of piperidine rings is 1. The molecular formula is C21H23N3O4S. The number of carbonyl (C=O) groups is 2. The molecule has 0 spiro atoms. The van der Waals surface area contributed by atoms with E-state index in [0.717, 1.165) is 12.8 Å². The van der Waals surface area contributed by atoms with E-state index in [1.54, 1.807) is 17.2 Å². The Bertz CT molecular complexity index is 896. The summed E-state index contributed by atoms with van der Waals surface area (Å²) in [6.07, 6.45) is 3.53. The first-order valence-corrected chi connectivity index (χ1v) is 10.7. The zero-order valence-corrected chi connectivity index (χ0v) is 17.0. The van der Waals surface area contributed by atoms with Crippen molar-refractivity contribution in [3.63, 3.8) is 0 Å². The lowest BCUT2D eigenvalue weighted by atomic mass is 9.89. The van der Waals surface area contributed by atoms with Crippen molar-refractivity contribution in [2.24, 2.45) is 0 Å². The summed E-state index contributed by atoms with van der Waals surface area (Å²) in [5.74, 6) is -0.182. The molecule has 1 fully saturated rings. The van der Waals surface area contributed by atoms with Crippen LogP contribution >= 0.6 is 11.8 Å². The molecule has 0 bridgehead atoms. The maximum atomic E-state index is 12.5. The summed E-state index contributed by atoms with van der Waals surface area (Å²) in [4.78, 5) is 37.7. The molecule has 3 rings (SSSR count). The molecule has 2 aromatic rings. The number of benzene rings is 2. The van der Waals surface area contributed by atoms with Gasteiger partial charge in [-0.05, 0) is 42.7 Å². The van der Waals surface area contributed by atoms with E-state index in [9.17, 15) is 19.7 Å². The van der Waals surface area contributed by atoms with Gasteiger partial charge in [-0.2, -0.15) is 0 Å². The van der Waals surface area contributed by atoms with Crippen LogP contribution in [0.4, 0.5) is 5.69 Å². The van der Waals surface area contributed by atoms with Crippen LogP contribution in [0.2, 0.25) is 0 Å². The Kier molecular flexibility index (Phi) is 6.87. The molecule has 1 N–H and O–H groups in total. The van der Waals surface area contributed by atoms with Gasteiger partial charge in [-0.1, -0.05) is 30.3 Å². The Morgan fingerprint density at radius 2 is 1.86 bits per heavy atom. The number of nitro benzene ring substituents is 1. The second kappa shape index (κ2) is 9.56. The molecule has 0 saturated carbocycles. The Balaban J connectivity index is 1.53. The minimum absolute atomic E-state index is 0.112. The van der Waals surface area contributed by atoms with Crippen LogP contribution in [0.1, 0.15) is 34.7 Å². The van der Waals surface area contributed by atoms with Gasteiger partial charge in [0, 0.05) is 24.7 Å². The summed E-state index contributed by atoms with van der Waals surface area (Å²) >= 11 is 1.25. The molecule has 0 unspecified atom stereocenters. The molecular weight excluding hydrogens is 390 g/mol. The van der Waals surface area contributed by atoms with Crippen molar-refractivity contribution >= 4 is 29.3 Å². The van der Waals surface area contributed by atoms with Gasteiger partial charge in [-0.25, -0.2) is 0 Å². The standard InChI is InChI=1S/C21H23N3O4S/c1-29-19-8-7-17(13-18(19)24(27)28)21(26)22-14-20(25)23-11-9-16(10-12-23)15-5-3-2-4-6-15/h2-8,13,16H,9-12,14H2,1H3,(H,22,26). The summed E-state index contributed by atoms with van der Waals surface area (Å²) in [6.45, 7) is 1.19. The molecule has 0 aliphatic carbocycles. The van der Waals surface area contributed by atoms with E-state index in [-0.39, 0.29) is 23.7 Å². The number of thioether (sulfide) groups is 1. The quantitative estimate of drug-likeness (QED) is 0.445. The Hall–Kier alpha value is -2.87.